The van der Waals surface area contributed by atoms with Crippen LogP contribution in [-0.2, 0) is 7.05 Å². The van der Waals surface area contributed by atoms with Crippen molar-refractivity contribution in [3.63, 3.8) is 0 Å². The first-order valence-corrected chi connectivity index (χ1v) is 4.07. The van der Waals surface area contributed by atoms with E-state index in [1.54, 1.807) is 23.3 Å². The molecule has 0 radical (unpaired) electrons. The lowest BCUT2D eigenvalue weighted by Crippen LogP contribution is -2.08. The summed E-state index contributed by atoms with van der Waals surface area (Å²) in [7, 11) is 1.85. The molecule has 6 heteroatoms. The Morgan fingerprint density at radius 3 is 2.64 bits per heavy atom. The normalized spacial score (nSPS) is 10.1. The highest BCUT2D eigenvalue weighted by Crippen LogP contribution is 2.14. The number of hydrogen-bond donors (Lipinski definition) is 2. The maximum atomic E-state index is 5.17. The Labute approximate surface area is 80.8 Å². The molecular formula is C8H10N6. The number of hydrazine groups is 1. The maximum Gasteiger partial charge on any atom is 0.158 e. The number of nitrogens with zero attached hydrogens (tertiary/aromatic N) is 4. The van der Waals surface area contributed by atoms with Crippen molar-refractivity contribution in [1.82, 2.24) is 19.7 Å². The highest BCUT2D eigenvalue weighted by atomic mass is 15.3. The third-order valence-electron chi connectivity index (χ3n) is 1.80. The minimum atomic E-state index is 0.539. The Hall–Kier alpha value is -1.95. The molecule has 0 unspecified atom stereocenters. The van der Waals surface area contributed by atoms with Gasteiger partial charge in [-0.05, 0) is 0 Å². The summed E-state index contributed by atoms with van der Waals surface area (Å²) in [5, 5.41) is 4.04. The maximum absolute atomic E-state index is 5.17. The van der Waals surface area contributed by atoms with E-state index in [2.05, 4.69) is 20.5 Å². The summed E-state index contributed by atoms with van der Waals surface area (Å²) in [4.78, 5) is 8.22. The van der Waals surface area contributed by atoms with Crippen molar-refractivity contribution in [3.05, 3.63) is 24.8 Å². The summed E-state index contributed by atoms with van der Waals surface area (Å²) < 4.78 is 1.71. The predicted molar refractivity (Wildman–Crippen MR) is 52.0 cm³/mol. The summed E-state index contributed by atoms with van der Waals surface area (Å²) in [6, 6.07) is 0. The monoisotopic (exact) mass is 190 g/mol. The van der Waals surface area contributed by atoms with Crippen molar-refractivity contribution in [1.29, 1.82) is 0 Å². The molecule has 0 aromatic carbocycles. The van der Waals surface area contributed by atoms with E-state index in [1.807, 2.05) is 13.2 Å². The number of aromatic nitrogens is 4. The second-order valence-corrected chi connectivity index (χ2v) is 2.83. The van der Waals surface area contributed by atoms with Crippen molar-refractivity contribution < 1.29 is 0 Å². The first kappa shape index (κ1) is 8.64. The van der Waals surface area contributed by atoms with Gasteiger partial charge in [0.15, 0.2) is 5.82 Å². The van der Waals surface area contributed by atoms with Crippen molar-refractivity contribution >= 4 is 5.82 Å². The molecule has 0 aliphatic carbocycles. The Balaban J connectivity index is 2.33. The molecule has 0 atom stereocenters. The number of aryl methyl sites for hydroxylation is 1. The molecule has 0 aliphatic rings. The Kier molecular flexibility index (Phi) is 2.11. The topological polar surface area (TPSA) is 81.7 Å². The molecule has 14 heavy (non-hydrogen) atoms. The molecule has 0 bridgehead atoms. The fraction of sp³-hybridized carbons (Fsp3) is 0.125. The molecule has 2 rings (SSSR count). The van der Waals surface area contributed by atoms with Gasteiger partial charge in [0.25, 0.3) is 0 Å². The Bertz CT molecular complexity index is 418. The standard InChI is InChI=1S/C8H10N6/c1-14-5-6(2-12-14)7-3-11-8(13-9)4-10-7/h2-5H,9H2,1H3,(H,11,13). The van der Waals surface area contributed by atoms with Crippen molar-refractivity contribution in [3.8, 4) is 11.3 Å². The SMILES string of the molecule is Cn1cc(-c2cnc(NN)cn2)cn1. The molecule has 0 spiro atoms. The van der Waals surface area contributed by atoms with Gasteiger partial charge in [0, 0.05) is 18.8 Å². The van der Waals surface area contributed by atoms with Gasteiger partial charge >= 0.3 is 0 Å². The number of nitrogen functional groups attached to an aromatic ring is 1. The van der Waals surface area contributed by atoms with E-state index in [4.69, 9.17) is 5.84 Å². The molecule has 0 amide bonds. The second kappa shape index (κ2) is 3.43. The molecule has 0 saturated carbocycles. The van der Waals surface area contributed by atoms with Crippen LogP contribution in [0.15, 0.2) is 24.8 Å². The lowest BCUT2D eigenvalue weighted by atomic mass is 10.3. The van der Waals surface area contributed by atoms with Crippen LogP contribution in [0.25, 0.3) is 11.3 Å². The molecule has 2 aromatic rings. The number of nitrogens with one attached hydrogen (secondary N) is 1. The van der Waals surface area contributed by atoms with Crippen LogP contribution < -0.4 is 11.3 Å². The van der Waals surface area contributed by atoms with Crippen LogP contribution in [0.4, 0.5) is 5.82 Å². The summed E-state index contributed by atoms with van der Waals surface area (Å²) in [6.45, 7) is 0. The zero-order valence-electron chi connectivity index (χ0n) is 7.68. The molecule has 2 aromatic heterocycles. The highest BCUT2D eigenvalue weighted by molar-refractivity contribution is 5.56. The van der Waals surface area contributed by atoms with Gasteiger partial charge in [-0.15, -0.1) is 0 Å². The Morgan fingerprint density at radius 1 is 1.29 bits per heavy atom. The molecule has 72 valence electrons. The van der Waals surface area contributed by atoms with Gasteiger partial charge in [-0.3, -0.25) is 9.67 Å². The quantitative estimate of drug-likeness (QED) is 0.521. The van der Waals surface area contributed by atoms with Gasteiger partial charge in [0.05, 0.1) is 24.3 Å². The first-order valence-electron chi connectivity index (χ1n) is 4.07. The van der Waals surface area contributed by atoms with Gasteiger partial charge in [-0.2, -0.15) is 5.10 Å². The fourth-order valence-corrected chi connectivity index (χ4v) is 1.11. The van der Waals surface area contributed by atoms with Crippen LogP contribution in [0.5, 0.6) is 0 Å². The van der Waals surface area contributed by atoms with Crippen LogP contribution in [-0.4, -0.2) is 19.7 Å². The highest BCUT2D eigenvalue weighted by Gasteiger charge is 2.01. The van der Waals surface area contributed by atoms with E-state index >= 15 is 0 Å². The number of nitrogens with two attached hydrogens (primary N) is 1. The third-order valence-corrected chi connectivity index (χ3v) is 1.80. The smallest absolute Gasteiger partial charge is 0.158 e. The summed E-state index contributed by atoms with van der Waals surface area (Å²) in [5.41, 5.74) is 4.13. The summed E-state index contributed by atoms with van der Waals surface area (Å²) >= 11 is 0. The van der Waals surface area contributed by atoms with E-state index in [0.717, 1.165) is 11.3 Å². The number of anilines is 1. The first-order chi connectivity index (χ1) is 6.79. The minimum absolute atomic E-state index is 0.539. The summed E-state index contributed by atoms with van der Waals surface area (Å²) in [5.74, 6) is 5.71. The van der Waals surface area contributed by atoms with Gasteiger partial charge in [-0.1, -0.05) is 0 Å². The fourth-order valence-electron chi connectivity index (χ4n) is 1.11. The predicted octanol–water partition coefficient (Wildman–Crippen LogP) is 0.163. The van der Waals surface area contributed by atoms with Gasteiger partial charge in [0.2, 0.25) is 0 Å². The average Bonchev–Trinajstić information content (AvgIpc) is 2.65. The van der Waals surface area contributed by atoms with E-state index in [1.165, 1.54) is 0 Å². The van der Waals surface area contributed by atoms with E-state index < -0.39 is 0 Å². The lowest BCUT2D eigenvalue weighted by Gasteiger charge is -1.98. The molecule has 0 aliphatic heterocycles. The third kappa shape index (κ3) is 1.55. The summed E-state index contributed by atoms with van der Waals surface area (Å²) in [6.07, 6.45) is 6.83. The molecule has 6 nitrogen and oxygen atoms in total. The van der Waals surface area contributed by atoms with E-state index in [9.17, 15) is 0 Å². The van der Waals surface area contributed by atoms with E-state index in [-0.39, 0.29) is 0 Å². The van der Waals surface area contributed by atoms with Crippen LogP contribution in [0, 0.1) is 0 Å². The second-order valence-electron chi connectivity index (χ2n) is 2.83. The van der Waals surface area contributed by atoms with Crippen molar-refractivity contribution in [2.75, 3.05) is 5.43 Å². The molecular weight excluding hydrogens is 180 g/mol. The average molecular weight is 190 g/mol. The van der Waals surface area contributed by atoms with Gasteiger partial charge < -0.3 is 5.43 Å². The molecule has 2 heterocycles. The van der Waals surface area contributed by atoms with Crippen LogP contribution in [0.2, 0.25) is 0 Å². The van der Waals surface area contributed by atoms with Crippen molar-refractivity contribution in [2.45, 2.75) is 0 Å². The van der Waals surface area contributed by atoms with Crippen LogP contribution in [0.3, 0.4) is 0 Å². The van der Waals surface area contributed by atoms with Crippen LogP contribution in [0.1, 0.15) is 0 Å². The van der Waals surface area contributed by atoms with Crippen LogP contribution >= 0.6 is 0 Å². The minimum Gasteiger partial charge on any atom is -0.307 e. The zero-order valence-corrected chi connectivity index (χ0v) is 7.68. The van der Waals surface area contributed by atoms with Gasteiger partial charge in [-0.25, -0.2) is 10.8 Å². The molecule has 0 saturated heterocycles. The number of hydrogen-bond acceptors (Lipinski definition) is 5. The van der Waals surface area contributed by atoms with Gasteiger partial charge in [0.1, 0.15) is 0 Å². The van der Waals surface area contributed by atoms with Crippen molar-refractivity contribution in [2.24, 2.45) is 12.9 Å². The zero-order chi connectivity index (χ0) is 9.97. The lowest BCUT2D eigenvalue weighted by molar-refractivity contribution is 0.768. The molecule has 3 N–H and O–H groups in total. The number of rotatable bonds is 2. The Morgan fingerprint density at radius 2 is 2.14 bits per heavy atom. The largest absolute Gasteiger partial charge is 0.307 e. The molecule has 0 fully saturated rings. The van der Waals surface area contributed by atoms with E-state index in [0.29, 0.717) is 5.82 Å².